The summed E-state index contributed by atoms with van der Waals surface area (Å²) in [5.41, 5.74) is 3.30. The highest BCUT2D eigenvalue weighted by Gasteiger charge is 2.37. The molecule has 1 fully saturated rings. The van der Waals surface area contributed by atoms with Crippen LogP contribution in [0.2, 0.25) is 0 Å². The number of imide groups is 1. The van der Waals surface area contributed by atoms with E-state index in [9.17, 15) is 14.4 Å². The third kappa shape index (κ3) is 9.02. The molecule has 0 spiro atoms. The lowest BCUT2D eigenvalue weighted by Gasteiger charge is -2.19. The van der Waals surface area contributed by atoms with Gasteiger partial charge in [-0.2, -0.15) is 0 Å². The van der Waals surface area contributed by atoms with Crippen LogP contribution in [0.25, 0.3) is 0 Å². The summed E-state index contributed by atoms with van der Waals surface area (Å²) >= 11 is 5.22. The molecule has 3 aromatic carbocycles. The van der Waals surface area contributed by atoms with Crippen LogP contribution < -0.4 is 0 Å². The minimum absolute atomic E-state index is 0.210. The van der Waals surface area contributed by atoms with Crippen molar-refractivity contribution in [1.29, 1.82) is 0 Å². The number of nitrogens with zero attached hydrogens (tertiary/aromatic N) is 1. The molecule has 0 bridgehead atoms. The maximum Gasteiger partial charge on any atom is 0.416 e. The van der Waals surface area contributed by atoms with Gasteiger partial charge in [-0.1, -0.05) is 91.0 Å². The molecular formula is C29H30ClNO4. The molecular weight excluding hydrogens is 462 g/mol. The minimum atomic E-state index is -0.540. The van der Waals surface area contributed by atoms with Gasteiger partial charge in [0.2, 0.25) is 11.1 Å². The maximum atomic E-state index is 12.5. The van der Waals surface area contributed by atoms with Crippen LogP contribution in [0.1, 0.15) is 36.0 Å². The predicted octanol–water partition coefficient (Wildman–Crippen LogP) is 5.98. The van der Waals surface area contributed by atoms with Gasteiger partial charge in [-0.25, -0.2) is 9.69 Å². The number of hydrogen-bond acceptors (Lipinski definition) is 4. The lowest BCUT2D eigenvalue weighted by atomic mass is 10.0. The van der Waals surface area contributed by atoms with Crippen LogP contribution in [-0.2, 0) is 33.6 Å². The first-order valence-electron chi connectivity index (χ1n) is 11.8. The van der Waals surface area contributed by atoms with Gasteiger partial charge in [0.25, 0.3) is 0 Å². The zero-order chi connectivity index (χ0) is 24.9. The Morgan fingerprint density at radius 2 is 1.34 bits per heavy atom. The molecule has 0 aliphatic carbocycles. The van der Waals surface area contributed by atoms with Gasteiger partial charge < -0.3 is 4.74 Å². The van der Waals surface area contributed by atoms with Crippen LogP contribution >= 0.6 is 11.6 Å². The van der Waals surface area contributed by atoms with E-state index in [-0.39, 0.29) is 30.2 Å². The molecule has 0 saturated carbocycles. The van der Waals surface area contributed by atoms with Crippen molar-refractivity contribution in [2.75, 3.05) is 6.61 Å². The van der Waals surface area contributed by atoms with Crippen molar-refractivity contribution >= 4 is 28.8 Å². The molecule has 0 unspecified atom stereocenters. The van der Waals surface area contributed by atoms with Crippen molar-refractivity contribution in [3.8, 4) is 0 Å². The Labute approximate surface area is 211 Å². The number of cyclic esters (lactones) is 1. The van der Waals surface area contributed by atoms with Crippen LogP contribution in [-0.4, -0.2) is 34.8 Å². The summed E-state index contributed by atoms with van der Waals surface area (Å²) in [4.78, 5) is 36.0. The molecule has 35 heavy (non-hydrogen) atoms. The van der Waals surface area contributed by atoms with E-state index in [4.69, 9.17) is 16.3 Å². The first-order valence-corrected chi connectivity index (χ1v) is 12.2. The standard InChI is InChI=1S/C18H17NO3.C11H13ClO/c20-17(12-15-9-5-2-6-10-15)19-16(13-22-18(19)21)11-14-7-3-1-4-8-14;12-11(13)9-5-4-8-10-6-2-1-3-7-10/h1-10,16H,11-13H2;1-3,6-7H,4-5,8-9H2/t16-;/m1./s1. The quantitative estimate of drug-likeness (QED) is 0.272. The van der Waals surface area contributed by atoms with Gasteiger partial charge in [0.05, 0.1) is 12.5 Å². The highest BCUT2D eigenvalue weighted by atomic mass is 35.5. The third-order valence-corrected chi connectivity index (χ3v) is 5.86. The van der Waals surface area contributed by atoms with Crippen molar-refractivity contribution < 1.29 is 19.1 Å². The highest BCUT2D eigenvalue weighted by Crippen LogP contribution is 2.19. The Morgan fingerprint density at radius 1 is 0.800 bits per heavy atom. The second-order valence-electron chi connectivity index (χ2n) is 8.39. The molecule has 2 amide bonds. The average molecular weight is 492 g/mol. The number of ether oxygens (including phenoxy) is 1. The van der Waals surface area contributed by atoms with Crippen LogP contribution in [0.15, 0.2) is 91.0 Å². The molecule has 1 aliphatic rings. The lowest BCUT2D eigenvalue weighted by molar-refractivity contribution is -0.128. The van der Waals surface area contributed by atoms with Gasteiger partial charge in [-0.3, -0.25) is 9.59 Å². The van der Waals surface area contributed by atoms with Crippen molar-refractivity contribution in [2.45, 2.75) is 44.6 Å². The average Bonchev–Trinajstić information content (AvgIpc) is 3.24. The predicted molar refractivity (Wildman–Crippen MR) is 137 cm³/mol. The summed E-state index contributed by atoms with van der Waals surface area (Å²) < 4.78 is 5.08. The number of carbonyl (C=O) groups is 3. The largest absolute Gasteiger partial charge is 0.447 e. The Kier molecular flexibility index (Phi) is 10.5. The minimum Gasteiger partial charge on any atom is -0.447 e. The maximum absolute atomic E-state index is 12.5. The molecule has 0 radical (unpaired) electrons. The number of rotatable bonds is 9. The van der Waals surface area contributed by atoms with Crippen molar-refractivity contribution in [3.05, 3.63) is 108 Å². The van der Waals surface area contributed by atoms with Crippen molar-refractivity contribution in [1.82, 2.24) is 4.90 Å². The van der Waals surface area contributed by atoms with Gasteiger partial charge in [-0.15, -0.1) is 0 Å². The molecule has 0 N–H and O–H groups in total. The summed E-state index contributed by atoms with van der Waals surface area (Å²) in [6, 6.07) is 29.3. The molecule has 4 rings (SSSR count). The number of unbranched alkanes of at least 4 members (excludes halogenated alkanes) is 1. The van der Waals surface area contributed by atoms with Crippen molar-refractivity contribution in [2.24, 2.45) is 0 Å². The van der Waals surface area contributed by atoms with E-state index < -0.39 is 6.09 Å². The molecule has 182 valence electrons. The van der Waals surface area contributed by atoms with E-state index in [0.29, 0.717) is 12.8 Å². The molecule has 6 heteroatoms. The molecule has 1 saturated heterocycles. The first-order chi connectivity index (χ1) is 17.0. The lowest BCUT2D eigenvalue weighted by Crippen LogP contribution is -2.41. The second-order valence-corrected chi connectivity index (χ2v) is 8.82. The number of benzene rings is 3. The molecule has 1 atom stereocenters. The summed E-state index contributed by atoms with van der Waals surface area (Å²) in [5.74, 6) is -0.213. The zero-order valence-corrected chi connectivity index (χ0v) is 20.4. The summed E-state index contributed by atoms with van der Waals surface area (Å²) in [5, 5.41) is -0.229. The Bertz CT molecular complexity index is 1070. The van der Waals surface area contributed by atoms with Gasteiger partial charge in [-0.05, 0) is 54.0 Å². The normalized spacial score (nSPS) is 14.6. The van der Waals surface area contributed by atoms with Gasteiger partial charge in [0.1, 0.15) is 6.61 Å². The van der Waals surface area contributed by atoms with Crippen LogP contribution in [0.3, 0.4) is 0 Å². The summed E-state index contributed by atoms with van der Waals surface area (Å²) in [6.45, 7) is 0.258. The van der Waals surface area contributed by atoms with Crippen LogP contribution in [0.5, 0.6) is 0 Å². The third-order valence-electron chi connectivity index (χ3n) is 5.67. The summed E-state index contributed by atoms with van der Waals surface area (Å²) in [7, 11) is 0. The monoisotopic (exact) mass is 491 g/mol. The Hall–Kier alpha value is -3.44. The molecule has 5 nitrogen and oxygen atoms in total. The number of hydrogen-bond donors (Lipinski definition) is 0. The fraction of sp³-hybridized carbons (Fsp3) is 0.276. The van der Waals surface area contributed by atoms with Gasteiger partial charge in [0, 0.05) is 6.42 Å². The van der Waals surface area contributed by atoms with Gasteiger partial charge >= 0.3 is 6.09 Å². The second kappa shape index (κ2) is 14.1. The fourth-order valence-corrected chi connectivity index (χ4v) is 4.03. The van der Waals surface area contributed by atoms with Crippen LogP contribution in [0, 0.1) is 0 Å². The molecule has 1 aliphatic heterocycles. The number of halogens is 1. The SMILES string of the molecule is O=C(Cc1ccccc1)N1C(=O)OC[C@H]1Cc1ccccc1.O=C(Cl)CCCCc1ccccc1. The van der Waals surface area contributed by atoms with E-state index in [0.717, 1.165) is 30.4 Å². The van der Waals surface area contributed by atoms with E-state index in [1.54, 1.807) is 0 Å². The molecule has 0 aromatic heterocycles. The molecule has 3 aromatic rings. The Morgan fingerprint density at radius 3 is 1.91 bits per heavy atom. The van der Waals surface area contributed by atoms with E-state index in [1.165, 1.54) is 10.5 Å². The number of aryl methyl sites for hydroxylation is 1. The number of carbonyl (C=O) groups excluding carboxylic acids is 3. The topological polar surface area (TPSA) is 63.7 Å². The molecule has 1 heterocycles. The van der Waals surface area contributed by atoms with E-state index in [2.05, 4.69) is 12.1 Å². The Balaban J connectivity index is 0.000000225. The summed E-state index contributed by atoms with van der Waals surface area (Å²) in [6.07, 6.45) is 3.73. The highest BCUT2D eigenvalue weighted by molar-refractivity contribution is 6.63. The van der Waals surface area contributed by atoms with Gasteiger partial charge in [0.15, 0.2) is 0 Å². The van der Waals surface area contributed by atoms with E-state index >= 15 is 0 Å². The smallest absolute Gasteiger partial charge is 0.416 e. The fourth-order valence-electron chi connectivity index (χ4n) is 3.90. The zero-order valence-electron chi connectivity index (χ0n) is 19.6. The first kappa shape index (κ1) is 26.2. The van der Waals surface area contributed by atoms with E-state index in [1.807, 2.05) is 78.9 Å². The number of amides is 2. The van der Waals surface area contributed by atoms with Crippen molar-refractivity contribution in [3.63, 3.8) is 0 Å². The van der Waals surface area contributed by atoms with Crippen LogP contribution in [0.4, 0.5) is 4.79 Å².